The Morgan fingerprint density at radius 3 is 2.42 bits per heavy atom. The summed E-state index contributed by atoms with van der Waals surface area (Å²) in [6.45, 7) is 2.19. The van der Waals surface area contributed by atoms with Gasteiger partial charge in [0.25, 0.3) is 0 Å². The molecule has 0 bridgehead atoms. The molecule has 0 aromatic heterocycles. The first-order valence-corrected chi connectivity index (χ1v) is 7.59. The highest BCUT2D eigenvalue weighted by molar-refractivity contribution is 8.02. The Labute approximate surface area is 118 Å². The highest BCUT2D eigenvalue weighted by Gasteiger charge is 2.66. The number of nitrogens with zero attached hydrogens (tertiary/aromatic N) is 1. The smallest absolute Gasteiger partial charge is 0.307 e. The standard InChI is InChI=1S/C13H21NO4S/c1-9-13(6-7-19-13)14(9)10(8-12(16)18-3)4-5-11(15)17-2/h9-10H,4-8H2,1-3H3. The van der Waals surface area contributed by atoms with Gasteiger partial charge in [-0.3, -0.25) is 14.5 Å². The molecule has 0 amide bonds. The summed E-state index contributed by atoms with van der Waals surface area (Å²) >= 11 is 1.95. The summed E-state index contributed by atoms with van der Waals surface area (Å²) < 4.78 is 9.43. The molecule has 2 heterocycles. The summed E-state index contributed by atoms with van der Waals surface area (Å²) in [4.78, 5) is 25.4. The Kier molecular flexibility index (Phi) is 4.40. The van der Waals surface area contributed by atoms with Gasteiger partial charge < -0.3 is 9.47 Å². The second kappa shape index (κ2) is 5.71. The van der Waals surface area contributed by atoms with Gasteiger partial charge in [-0.15, -0.1) is 11.8 Å². The van der Waals surface area contributed by atoms with Crippen LogP contribution in [-0.4, -0.2) is 53.8 Å². The van der Waals surface area contributed by atoms with Gasteiger partial charge in [0, 0.05) is 18.5 Å². The van der Waals surface area contributed by atoms with Crippen LogP contribution in [0.3, 0.4) is 0 Å². The van der Waals surface area contributed by atoms with Crippen LogP contribution in [0.2, 0.25) is 0 Å². The Hall–Kier alpha value is -0.750. The van der Waals surface area contributed by atoms with E-state index < -0.39 is 0 Å². The van der Waals surface area contributed by atoms with Crippen molar-refractivity contribution in [3.8, 4) is 0 Å². The van der Waals surface area contributed by atoms with Gasteiger partial charge in [-0.2, -0.15) is 0 Å². The molecule has 0 saturated carbocycles. The Bertz CT molecular complexity index is 370. The minimum absolute atomic E-state index is 0.0781. The van der Waals surface area contributed by atoms with Crippen LogP contribution in [0.15, 0.2) is 0 Å². The fourth-order valence-electron chi connectivity index (χ4n) is 2.95. The van der Waals surface area contributed by atoms with E-state index >= 15 is 0 Å². The van der Waals surface area contributed by atoms with E-state index in [4.69, 9.17) is 4.74 Å². The van der Waals surface area contributed by atoms with E-state index in [9.17, 15) is 9.59 Å². The lowest BCUT2D eigenvalue weighted by Crippen LogP contribution is -2.33. The highest BCUT2D eigenvalue weighted by atomic mass is 32.2. The molecule has 2 saturated heterocycles. The van der Waals surface area contributed by atoms with Crippen molar-refractivity contribution in [2.45, 2.75) is 49.6 Å². The number of esters is 2. The molecule has 1 spiro atoms. The van der Waals surface area contributed by atoms with Crippen molar-refractivity contribution in [2.24, 2.45) is 0 Å². The summed E-state index contributed by atoms with van der Waals surface area (Å²) in [7, 11) is 2.79. The van der Waals surface area contributed by atoms with E-state index in [2.05, 4.69) is 16.6 Å². The van der Waals surface area contributed by atoms with Crippen molar-refractivity contribution in [3.63, 3.8) is 0 Å². The fourth-order valence-corrected chi connectivity index (χ4v) is 4.33. The minimum Gasteiger partial charge on any atom is -0.469 e. The second-order valence-electron chi connectivity index (χ2n) is 5.08. The van der Waals surface area contributed by atoms with Crippen molar-refractivity contribution in [2.75, 3.05) is 20.0 Å². The van der Waals surface area contributed by atoms with Gasteiger partial charge in [0.15, 0.2) is 0 Å². The number of hydrogen-bond acceptors (Lipinski definition) is 6. The SMILES string of the molecule is COC(=O)CCC(CC(=O)OC)N1C(C)C12CCS2. The zero-order chi connectivity index (χ0) is 14.0. The van der Waals surface area contributed by atoms with Crippen molar-refractivity contribution in [1.82, 2.24) is 4.90 Å². The third-order valence-electron chi connectivity index (χ3n) is 4.18. The number of ether oxygens (including phenoxy) is 2. The van der Waals surface area contributed by atoms with Gasteiger partial charge in [0.2, 0.25) is 0 Å². The Balaban J connectivity index is 1.94. The third-order valence-corrected chi connectivity index (χ3v) is 5.85. The van der Waals surface area contributed by atoms with Crippen LogP contribution in [0.4, 0.5) is 0 Å². The third kappa shape index (κ3) is 2.74. The number of rotatable bonds is 6. The molecule has 0 radical (unpaired) electrons. The fraction of sp³-hybridized carbons (Fsp3) is 0.846. The number of methoxy groups -OCH3 is 2. The molecule has 0 aromatic rings. The first kappa shape index (κ1) is 14.7. The first-order chi connectivity index (χ1) is 9.05. The largest absolute Gasteiger partial charge is 0.469 e. The molecule has 5 nitrogen and oxygen atoms in total. The van der Waals surface area contributed by atoms with Crippen molar-refractivity contribution in [3.05, 3.63) is 0 Å². The molecule has 4 atom stereocenters. The van der Waals surface area contributed by atoms with Crippen molar-refractivity contribution < 1.29 is 19.1 Å². The van der Waals surface area contributed by atoms with Crippen LogP contribution >= 0.6 is 11.8 Å². The van der Waals surface area contributed by atoms with Crippen LogP contribution < -0.4 is 0 Å². The molecule has 0 N–H and O–H groups in total. The lowest BCUT2D eigenvalue weighted by Gasteiger charge is -2.29. The maximum Gasteiger partial charge on any atom is 0.307 e. The number of thioether (sulfide) groups is 1. The summed E-state index contributed by atoms with van der Waals surface area (Å²) in [6.07, 6.45) is 2.52. The molecule has 2 aliphatic rings. The quantitative estimate of drug-likeness (QED) is 0.544. The normalized spacial score (nSPS) is 33.4. The predicted molar refractivity (Wildman–Crippen MR) is 72.8 cm³/mol. The monoisotopic (exact) mass is 287 g/mol. The number of hydrogen-bond donors (Lipinski definition) is 0. The van der Waals surface area contributed by atoms with Gasteiger partial charge in [-0.1, -0.05) is 0 Å². The summed E-state index contributed by atoms with van der Waals surface area (Å²) in [5.41, 5.74) is 0. The summed E-state index contributed by atoms with van der Waals surface area (Å²) in [6, 6.07) is 0.563. The topological polar surface area (TPSA) is 55.6 Å². The number of carbonyl (C=O) groups is 2. The molecule has 2 fully saturated rings. The van der Waals surface area contributed by atoms with Crippen LogP contribution in [0.1, 0.15) is 32.6 Å². The second-order valence-corrected chi connectivity index (χ2v) is 6.48. The first-order valence-electron chi connectivity index (χ1n) is 6.61. The van der Waals surface area contributed by atoms with Gasteiger partial charge in [-0.25, -0.2) is 0 Å². The summed E-state index contributed by atoms with van der Waals surface area (Å²) in [5, 5.41) is 0. The average molecular weight is 287 g/mol. The Morgan fingerprint density at radius 1 is 1.37 bits per heavy atom. The molecule has 0 aromatic carbocycles. The zero-order valence-corrected chi connectivity index (χ0v) is 12.5. The number of carbonyl (C=O) groups excluding carboxylic acids is 2. The molecular weight excluding hydrogens is 266 g/mol. The van der Waals surface area contributed by atoms with E-state index in [1.165, 1.54) is 26.4 Å². The molecule has 2 rings (SSSR count). The van der Waals surface area contributed by atoms with Crippen molar-refractivity contribution >= 4 is 23.7 Å². The molecular formula is C13H21NO4S. The maximum absolute atomic E-state index is 11.5. The van der Waals surface area contributed by atoms with Crippen LogP contribution in [0.5, 0.6) is 0 Å². The molecule has 108 valence electrons. The maximum atomic E-state index is 11.5. The lowest BCUT2D eigenvalue weighted by molar-refractivity contribution is -0.143. The van der Waals surface area contributed by atoms with Gasteiger partial charge >= 0.3 is 11.9 Å². The zero-order valence-electron chi connectivity index (χ0n) is 11.7. The lowest BCUT2D eigenvalue weighted by atomic mass is 10.1. The van der Waals surface area contributed by atoms with Crippen molar-refractivity contribution in [1.29, 1.82) is 0 Å². The van der Waals surface area contributed by atoms with Gasteiger partial charge in [0.05, 0.1) is 25.5 Å². The van der Waals surface area contributed by atoms with Gasteiger partial charge in [0.1, 0.15) is 0 Å². The van der Waals surface area contributed by atoms with Crippen LogP contribution in [0, 0.1) is 0 Å². The predicted octanol–water partition coefficient (Wildman–Crippen LogP) is 1.41. The molecule has 19 heavy (non-hydrogen) atoms. The van der Waals surface area contributed by atoms with E-state index in [0.29, 0.717) is 25.3 Å². The molecule has 0 aliphatic carbocycles. The Morgan fingerprint density at radius 2 is 2.00 bits per heavy atom. The minimum atomic E-state index is -0.223. The van der Waals surface area contributed by atoms with Crippen LogP contribution in [0.25, 0.3) is 0 Å². The van der Waals surface area contributed by atoms with Crippen LogP contribution in [-0.2, 0) is 19.1 Å². The van der Waals surface area contributed by atoms with E-state index in [0.717, 1.165) is 0 Å². The highest BCUT2D eigenvalue weighted by Crippen LogP contribution is 2.61. The summed E-state index contributed by atoms with van der Waals surface area (Å²) in [5.74, 6) is 0.746. The molecule has 6 heteroatoms. The van der Waals surface area contributed by atoms with Gasteiger partial charge in [-0.05, 0) is 25.5 Å². The van der Waals surface area contributed by atoms with E-state index in [1.807, 2.05) is 11.8 Å². The average Bonchev–Trinajstić information content (AvgIpc) is 2.99. The van der Waals surface area contributed by atoms with E-state index in [1.54, 1.807) is 0 Å². The van der Waals surface area contributed by atoms with E-state index in [-0.39, 0.29) is 22.9 Å². The molecule has 2 aliphatic heterocycles. The molecule has 4 unspecified atom stereocenters.